The van der Waals surface area contributed by atoms with E-state index in [0.29, 0.717) is 11.3 Å². The molecule has 1 aromatic carbocycles. The number of carbonyl (C=O) groups is 2. The maximum absolute atomic E-state index is 15.0. The zero-order valence-electron chi connectivity index (χ0n) is 15.4. The van der Waals surface area contributed by atoms with Crippen LogP contribution in [0.15, 0.2) is 18.3 Å². The van der Waals surface area contributed by atoms with Crippen molar-refractivity contribution in [2.75, 3.05) is 23.7 Å². The predicted octanol–water partition coefficient (Wildman–Crippen LogP) is 1.81. The first kappa shape index (κ1) is 18.1. The van der Waals surface area contributed by atoms with Crippen molar-refractivity contribution in [2.45, 2.75) is 32.3 Å². The van der Waals surface area contributed by atoms with Gasteiger partial charge in [-0.1, -0.05) is 0 Å². The first-order valence-electron chi connectivity index (χ1n) is 9.09. The number of carbonyl (C=O) groups excluding carboxylic acids is 2. The SMILES string of the molecule is CC(=O)NC[C@H]1CN(c2cc3c(cc2F)-c2nc(N)ncc2CCC3)C(=O)O1. The molecule has 3 N–H and O–H groups in total. The summed E-state index contributed by atoms with van der Waals surface area (Å²) in [5, 5.41) is 2.61. The normalized spacial score (nSPS) is 18.1. The molecule has 1 aliphatic heterocycles. The van der Waals surface area contributed by atoms with Crippen LogP contribution in [0.3, 0.4) is 0 Å². The maximum atomic E-state index is 15.0. The Bertz CT molecular complexity index is 965. The molecule has 0 bridgehead atoms. The summed E-state index contributed by atoms with van der Waals surface area (Å²) in [6, 6.07) is 3.08. The lowest BCUT2D eigenvalue weighted by molar-refractivity contribution is -0.119. The second kappa shape index (κ2) is 7.06. The summed E-state index contributed by atoms with van der Waals surface area (Å²) in [6.45, 7) is 1.74. The fourth-order valence-electron chi connectivity index (χ4n) is 3.63. The highest BCUT2D eigenvalue weighted by atomic mass is 19.1. The van der Waals surface area contributed by atoms with Gasteiger partial charge < -0.3 is 15.8 Å². The molecule has 0 radical (unpaired) electrons. The molecule has 9 heteroatoms. The van der Waals surface area contributed by atoms with Gasteiger partial charge in [-0.2, -0.15) is 0 Å². The number of aryl methyl sites for hydroxylation is 2. The van der Waals surface area contributed by atoms with Crippen LogP contribution >= 0.6 is 0 Å². The van der Waals surface area contributed by atoms with Crippen molar-refractivity contribution in [3.8, 4) is 11.3 Å². The van der Waals surface area contributed by atoms with Crippen LogP contribution in [0.5, 0.6) is 0 Å². The lowest BCUT2D eigenvalue weighted by Gasteiger charge is -2.17. The lowest BCUT2D eigenvalue weighted by Crippen LogP contribution is -2.33. The monoisotopic (exact) mass is 385 g/mol. The van der Waals surface area contributed by atoms with Gasteiger partial charge in [-0.15, -0.1) is 0 Å². The van der Waals surface area contributed by atoms with Crippen molar-refractivity contribution >= 4 is 23.6 Å². The summed E-state index contributed by atoms with van der Waals surface area (Å²) in [5.74, 6) is -0.619. The zero-order valence-corrected chi connectivity index (χ0v) is 15.4. The third-order valence-electron chi connectivity index (χ3n) is 4.95. The summed E-state index contributed by atoms with van der Waals surface area (Å²) in [4.78, 5) is 32.9. The Morgan fingerprint density at radius 3 is 2.96 bits per heavy atom. The van der Waals surface area contributed by atoms with Crippen LogP contribution in [0.4, 0.5) is 20.8 Å². The smallest absolute Gasteiger partial charge is 0.414 e. The van der Waals surface area contributed by atoms with Crippen molar-refractivity contribution < 1.29 is 18.7 Å². The molecule has 0 saturated carbocycles. The molecule has 0 spiro atoms. The quantitative estimate of drug-likeness (QED) is 0.834. The number of amides is 2. The van der Waals surface area contributed by atoms with E-state index < -0.39 is 18.0 Å². The van der Waals surface area contributed by atoms with Gasteiger partial charge in [0.05, 0.1) is 24.5 Å². The topological polar surface area (TPSA) is 110 Å². The number of cyclic esters (lactones) is 1. The highest BCUT2D eigenvalue weighted by Crippen LogP contribution is 2.36. The summed E-state index contributed by atoms with van der Waals surface area (Å²) >= 11 is 0. The molecule has 2 amide bonds. The maximum Gasteiger partial charge on any atom is 0.414 e. The standard InChI is InChI=1S/C19H20FN5O3/c1-10(26)22-8-13-9-25(19(27)28-13)16-5-11-3-2-4-12-7-23-18(21)24-17(12)14(11)6-15(16)20/h5-7,13H,2-4,8-9H2,1H3,(H,22,26)(H2,21,23,24)/t13-/m0/s1. The van der Waals surface area contributed by atoms with Crippen LogP contribution in [0.2, 0.25) is 0 Å². The van der Waals surface area contributed by atoms with Crippen molar-refractivity contribution in [3.05, 3.63) is 35.3 Å². The van der Waals surface area contributed by atoms with Gasteiger partial charge in [-0.25, -0.2) is 19.2 Å². The van der Waals surface area contributed by atoms with Crippen molar-refractivity contribution in [1.82, 2.24) is 15.3 Å². The van der Waals surface area contributed by atoms with E-state index >= 15 is 0 Å². The second-order valence-electron chi connectivity index (χ2n) is 6.97. The number of ether oxygens (including phenoxy) is 1. The number of fused-ring (bicyclic) bond motifs is 3. The van der Waals surface area contributed by atoms with Gasteiger partial charge in [-0.05, 0) is 42.5 Å². The zero-order chi connectivity index (χ0) is 19.8. The number of hydrogen-bond donors (Lipinski definition) is 2. The number of rotatable bonds is 3. The highest BCUT2D eigenvalue weighted by Gasteiger charge is 2.34. The van der Waals surface area contributed by atoms with E-state index in [2.05, 4.69) is 15.3 Å². The molecule has 146 valence electrons. The molecule has 1 aliphatic carbocycles. The largest absolute Gasteiger partial charge is 0.442 e. The molecule has 8 nitrogen and oxygen atoms in total. The Morgan fingerprint density at radius 2 is 2.18 bits per heavy atom. The molecule has 2 aromatic rings. The Labute approximate surface area is 160 Å². The number of benzene rings is 1. The van der Waals surface area contributed by atoms with Gasteiger partial charge in [0.2, 0.25) is 11.9 Å². The minimum Gasteiger partial charge on any atom is -0.442 e. The summed E-state index contributed by atoms with van der Waals surface area (Å²) < 4.78 is 20.2. The summed E-state index contributed by atoms with van der Waals surface area (Å²) in [6.07, 6.45) is 2.87. The Hall–Kier alpha value is -3.23. The first-order chi connectivity index (χ1) is 13.4. The Kier molecular flexibility index (Phi) is 4.58. The number of nitrogens with two attached hydrogens (primary N) is 1. The molecule has 1 saturated heterocycles. The average molecular weight is 385 g/mol. The molecular weight excluding hydrogens is 365 g/mol. The van der Waals surface area contributed by atoms with E-state index in [1.165, 1.54) is 17.9 Å². The molecule has 28 heavy (non-hydrogen) atoms. The van der Waals surface area contributed by atoms with Crippen LogP contribution in [0.1, 0.15) is 24.5 Å². The van der Waals surface area contributed by atoms with Gasteiger partial charge >= 0.3 is 6.09 Å². The van der Waals surface area contributed by atoms with E-state index in [0.717, 1.165) is 30.4 Å². The third-order valence-corrected chi connectivity index (χ3v) is 4.95. The lowest BCUT2D eigenvalue weighted by atomic mass is 10.0. The number of anilines is 2. The van der Waals surface area contributed by atoms with Gasteiger partial charge in [-0.3, -0.25) is 9.69 Å². The summed E-state index contributed by atoms with van der Waals surface area (Å²) in [7, 11) is 0. The highest BCUT2D eigenvalue weighted by molar-refractivity contribution is 5.91. The van der Waals surface area contributed by atoms with Crippen molar-refractivity contribution in [3.63, 3.8) is 0 Å². The predicted molar refractivity (Wildman–Crippen MR) is 100 cm³/mol. The number of halogens is 1. The van der Waals surface area contributed by atoms with Gasteiger partial charge in [0.25, 0.3) is 0 Å². The minimum absolute atomic E-state index is 0.139. The van der Waals surface area contributed by atoms with E-state index in [1.54, 1.807) is 12.3 Å². The second-order valence-corrected chi connectivity index (χ2v) is 6.97. The van der Waals surface area contributed by atoms with Crippen LogP contribution < -0.4 is 16.0 Å². The van der Waals surface area contributed by atoms with Gasteiger partial charge in [0.1, 0.15) is 11.9 Å². The molecule has 1 fully saturated rings. The number of hydrogen-bond acceptors (Lipinski definition) is 6. The van der Waals surface area contributed by atoms with E-state index in [-0.39, 0.29) is 30.6 Å². The molecule has 2 heterocycles. The van der Waals surface area contributed by atoms with E-state index in [4.69, 9.17) is 10.5 Å². The Morgan fingerprint density at radius 1 is 1.39 bits per heavy atom. The first-order valence-corrected chi connectivity index (χ1v) is 9.09. The van der Waals surface area contributed by atoms with Gasteiger partial charge in [0, 0.05) is 18.7 Å². The van der Waals surface area contributed by atoms with E-state index in [9.17, 15) is 14.0 Å². The van der Waals surface area contributed by atoms with Crippen molar-refractivity contribution in [1.29, 1.82) is 0 Å². The fraction of sp³-hybridized carbons (Fsp3) is 0.368. The third kappa shape index (κ3) is 3.35. The number of nitrogens with zero attached hydrogens (tertiary/aromatic N) is 3. The Balaban J connectivity index is 1.67. The van der Waals surface area contributed by atoms with Crippen LogP contribution in [-0.2, 0) is 22.4 Å². The fourth-order valence-corrected chi connectivity index (χ4v) is 3.63. The van der Waals surface area contributed by atoms with E-state index in [1.807, 2.05) is 0 Å². The molecular formula is C19H20FN5O3. The molecule has 2 aliphatic rings. The van der Waals surface area contributed by atoms with Crippen LogP contribution in [0.25, 0.3) is 11.3 Å². The number of nitrogens with one attached hydrogen (secondary N) is 1. The average Bonchev–Trinajstić information content (AvgIpc) is 2.93. The van der Waals surface area contributed by atoms with Gasteiger partial charge in [0.15, 0.2) is 0 Å². The summed E-state index contributed by atoms with van der Waals surface area (Å²) in [5.41, 5.74) is 9.02. The molecule has 1 aromatic heterocycles. The number of aromatic nitrogens is 2. The minimum atomic E-state index is -0.630. The molecule has 4 rings (SSSR count). The molecule has 0 unspecified atom stereocenters. The molecule has 1 atom stereocenters. The number of nitrogen functional groups attached to an aromatic ring is 1. The van der Waals surface area contributed by atoms with Crippen LogP contribution in [-0.4, -0.2) is 41.2 Å². The van der Waals surface area contributed by atoms with Crippen LogP contribution in [0, 0.1) is 5.82 Å². The van der Waals surface area contributed by atoms with Crippen molar-refractivity contribution in [2.24, 2.45) is 0 Å².